The monoisotopic (exact) mass is 488 g/mol. The Labute approximate surface area is 209 Å². The maximum Gasteiger partial charge on any atom is 0.251 e. The molecule has 7 heteroatoms. The number of fused-ring (bicyclic) bond motifs is 3. The Morgan fingerprint density at radius 3 is 2.80 bits per heavy atom. The van der Waals surface area contributed by atoms with E-state index in [-0.39, 0.29) is 5.91 Å². The second-order valence-corrected chi connectivity index (χ2v) is 10.4. The number of aromatic amines is 1. The molecule has 2 aromatic heterocycles. The number of halogens is 1. The average molecular weight is 489 g/mol. The van der Waals surface area contributed by atoms with Gasteiger partial charge in [-0.25, -0.2) is 4.98 Å². The quantitative estimate of drug-likeness (QED) is 0.368. The SMILES string of the molecule is CN1CCC(COc2ccc(-c3cccc(C(=O)NC4CC4)c3)c3c2[nH]c2ncc(Cl)cc23)CC1. The van der Waals surface area contributed by atoms with E-state index in [4.69, 9.17) is 16.3 Å². The van der Waals surface area contributed by atoms with Crippen LogP contribution in [0.15, 0.2) is 48.7 Å². The maximum absolute atomic E-state index is 12.7. The molecule has 0 bridgehead atoms. The zero-order valence-corrected chi connectivity index (χ0v) is 20.6. The summed E-state index contributed by atoms with van der Waals surface area (Å²) in [5.74, 6) is 1.35. The van der Waals surface area contributed by atoms with E-state index in [2.05, 4.69) is 33.3 Å². The molecule has 0 spiro atoms. The minimum Gasteiger partial charge on any atom is -0.491 e. The lowest BCUT2D eigenvalue weighted by Gasteiger charge is -2.28. The molecule has 35 heavy (non-hydrogen) atoms. The highest BCUT2D eigenvalue weighted by atomic mass is 35.5. The largest absolute Gasteiger partial charge is 0.491 e. The van der Waals surface area contributed by atoms with E-state index in [0.29, 0.717) is 29.2 Å². The molecule has 2 aromatic carbocycles. The Morgan fingerprint density at radius 1 is 1.17 bits per heavy atom. The van der Waals surface area contributed by atoms with Crippen LogP contribution in [-0.2, 0) is 0 Å². The molecule has 6 nitrogen and oxygen atoms in total. The van der Waals surface area contributed by atoms with Gasteiger partial charge in [0.25, 0.3) is 5.91 Å². The Balaban J connectivity index is 1.40. The van der Waals surface area contributed by atoms with Gasteiger partial charge >= 0.3 is 0 Å². The van der Waals surface area contributed by atoms with Gasteiger partial charge in [0.05, 0.1) is 17.1 Å². The van der Waals surface area contributed by atoms with Crippen LogP contribution in [0.4, 0.5) is 0 Å². The highest BCUT2D eigenvalue weighted by Gasteiger charge is 2.24. The van der Waals surface area contributed by atoms with Gasteiger partial charge in [0.15, 0.2) is 0 Å². The van der Waals surface area contributed by atoms with Gasteiger partial charge in [-0.1, -0.05) is 23.7 Å². The minimum atomic E-state index is -0.0210. The highest BCUT2D eigenvalue weighted by molar-refractivity contribution is 6.31. The summed E-state index contributed by atoms with van der Waals surface area (Å²) in [6.45, 7) is 2.92. The lowest BCUT2D eigenvalue weighted by Crippen LogP contribution is -2.32. The van der Waals surface area contributed by atoms with E-state index in [1.165, 1.54) is 0 Å². The Kier molecular flexibility index (Phi) is 5.86. The Morgan fingerprint density at radius 2 is 2.00 bits per heavy atom. The van der Waals surface area contributed by atoms with Crippen molar-refractivity contribution in [3.05, 3.63) is 59.2 Å². The molecular weight excluding hydrogens is 460 g/mol. The fourth-order valence-corrected chi connectivity index (χ4v) is 5.11. The van der Waals surface area contributed by atoms with Crippen LogP contribution < -0.4 is 10.1 Å². The molecule has 1 aliphatic carbocycles. The summed E-state index contributed by atoms with van der Waals surface area (Å²) in [5.41, 5.74) is 4.34. The number of ether oxygens (including phenoxy) is 1. The van der Waals surface area contributed by atoms with Crippen LogP contribution in [0.25, 0.3) is 33.1 Å². The van der Waals surface area contributed by atoms with Crippen molar-refractivity contribution in [2.75, 3.05) is 26.7 Å². The molecule has 180 valence electrons. The fourth-order valence-electron chi connectivity index (χ4n) is 4.96. The molecule has 0 atom stereocenters. The number of rotatable bonds is 6. The van der Waals surface area contributed by atoms with Crippen molar-refractivity contribution >= 4 is 39.4 Å². The van der Waals surface area contributed by atoms with Crippen LogP contribution in [0, 0.1) is 5.92 Å². The summed E-state index contributed by atoms with van der Waals surface area (Å²) in [6, 6.07) is 14.2. The minimum absolute atomic E-state index is 0.0210. The number of nitrogens with zero attached hydrogens (tertiary/aromatic N) is 2. The number of aromatic nitrogens is 2. The van der Waals surface area contributed by atoms with E-state index in [1.807, 2.05) is 36.4 Å². The van der Waals surface area contributed by atoms with Crippen LogP contribution in [-0.4, -0.2) is 53.6 Å². The standard InChI is InChI=1S/C28H29ClN4O2/c1-33-11-9-17(10-12-33)16-35-24-8-7-22(25-23-14-20(29)15-30-27(23)32-26(24)25)18-3-2-4-19(13-18)28(34)31-21-5-6-21/h2-4,7-8,13-15,17,21H,5-6,9-12,16H2,1H3,(H,30,32)(H,31,34). The Bertz CT molecular complexity index is 1400. The van der Waals surface area contributed by atoms with Crippen molar-refractivity contribution in [2.45, 2.75) is 31.7 Å². The molecule has 0 unspecified atom stereocenters. The molecule has 1 amide bonds. The van der Waals surface area contributed by atoms with Crippen molar-refractivity contribution in [3.63, 3.8) is 0 Å². The lowest BCUT2D eigenvalue weighted by atomic mass is 9.97. The maximum atomic E-state index is 12.7. The zero-order valence-electron chi connectivity index (χ0n) is 19.8. The molecule has 2 aliphatic rings. The predicted molar refractivity (Wildman–Crippen MR) is 140 cm³/mol. The van der Waals surface area contributed by atoms with Crippen LogP contribution in [0.1, 0.15) is 36.0 Å². The second kappa shape index (κ2) is 9.17. The predicted octanol–water partition coefficient (Wildman–Crippen LogP) is 5.65. The van der Waals surface area contributed by atoms with Gasteiger partial charge in [-0.15, -0.1) is 0 Å². The number of hydrogen-bond acceptors (Lipinski definition) is 4. The number of benzene rings is 2. The number of piperidine rings is 1. The van der Waals surface area contributed by atoms with E-state index < -0.39 is 0 Å². The van der Waals surface area contributed by atoms with Crippen LogP contribution >= 0.6 is 11.6 Å². The van der Waals surface area contributed by atoms with Gasteiger partial charge in [0.1, 0.15) is 11.4 Å². The van der Waals surface area contributed by atoms with Crippen molar-refractivity contribution in [1.82, 2.24) is 20.2 Å². The first-order chi connectivity index (χ1) is 17.0. The summed E-state index contributed by atoms with van der Waals surface area (Å²) in [7, 11) is 2.17. The van der Waals surface area contributed by atoms with Gasteiger partial charge < -0.3 is 19.9 Å². The molecule has 1 saturated carbocycles. The van der Waals surface area contributed by atoms with E-state index in [9.17, 15) is 4.79 Å². The number of H-pyrrole nitrogens is 1. The van der Waals surface area contributed by atoms with Gasteiger partial charge in [-0.3, -0.25) is 4.79 Å². The Hall–Kier alpha value is -3.09. The van der Waals surface area contributed by atoms with Gasteiger partial charge in [-0.2, -0.15) is 0 Å². The molecular formula is C28H29ClN4O2. The normalized spacial score (nSPS) is 17.2. The number of nitrogens with one attached hydrogen (secondary N) is 2. The highest BCUT2D eigenvalue weighted by Crippen LogP contribution is 2.40. The first-order valence-corrected chi connectivity index (χ1v) is 12.8. The average Bonchev–Trinajstić information content (AvgIpc) is 3.61. The number of carbonyl (C=O) groups is 1. The first-order valence-electron chi connectivity index (χ1n) is 12.4. The molecule has 1 saturated heterocycles. The summed E-state index contributed by atoms with van der Waals surface area (Å²) in [6.07, 6.45) is 6.08. The van der Waals surface area contributed by atoms with Gasteiger partial charge in [0.2, 0.25) is 0 Å². The number of pyridine rings is 1. The summed E-state index contributed by atoms with van der Waals surface area (Å²) in [4.78, 5) is 23.1. The number of amides is 1. The van der Waals surface area contributed by atoms with Crippen LogP contribution in [0.5, 0.6) is 5.75 Å². The number of hydrogen-bond donors (Lipinski definition) is 2. The first kappa shape index (κ1) is 22.4. The number of carbonyl (C=O) groups excluding carboxylic acids is 1. The molecule has 2 N–H and O–H groups in total. The van der Waals surface area contributed by atoms with Crippen molar-refractivity contribution in [2.24, 2.45) is 5.92 Å². The zero-order chi connectivity index (χ0) is 23.9. The fraction of sp³-hybridized carbons (Fsp3) is 0.357. The third kappa shape index (κ3) is 4.60. The van der Waals surface area contributed by atoms with Crippen molar-refractivity contribution < 1.29 is 9.53 Å². The van der Waals surface area contributed by atoms with Crippen molar-refractivity contribution in [1.29, 1.82) is 0 Å². The van der Waals surface area contributed by atoms with Crippen LogP contribution in [0.2, 0.25) is 5.02 Å². The third-order valence-corrected chi connectivity index (χ3v) is 7.40. The summed E-state index contributed by atoms with van der Waals surface area (Å²) in [5, 5.41) is 5.62. The molecule has 3 heterocycles. The summed E-state index contributed by atoms with van der Waals surface area (Å²) >= 11 is 6.35. The molecule has 1 aliphatic heterocycles. The topological polar surface area (TPSA) is 70.2 Å². The van der Waals surface area contributed by atoms with Gasteiger partial charge in [-0.05, 0) is 93.2 Å². The molecule has 2 fully saturated rings. The van der Waals surface area contributed by atoms with E-state index in [1.54, 1.807) is 6.20 Å². The van der Waals surface area contributed by atoms with E-state index in [0.717, 1.165) is 77.6 Å². The smallest absolute Gasteiger partial charge is 0.251 e. The van der Waals surface area contributed by atoms with Crippen molar-refractivity contribution in [3.8, 4) is 16.9 Å². The van der Waals surface area contributed by atoms with Crippen LogP contribution in [0.3, 0.4) is 0 Å². The molecule has 0 radical (unpaired) electrons. The van der Waals surface area contributed by atoms with Gasteiger partial charge in [0, 0.05) is 28.6 Å². The lowest BCUT2D eigenvalue weighted by molar-refractivity contribution is 0.0951. The van der Waals surface area contributed by atoms with E-state index >= 15 is 0 Å². The second-order valence-electron chi connectivity index (χ2n) is 9.92. The number of likely N-dealkylation sites (tertiary alicyclic amines) is 1. The molecule has 4 aromatic rings. The third-order valence-electron chi connectivity index (χ3n) is 7.20. The molecule has 6 rings (SSSR count). The summed E-state index contributed by atoms with van der Waals surface area (Å²) < 4.78 is 6.38.